The summed E-state index contributed by atoms with van der Waals surface area (Å²) < 4.78 is 11.9. The van der Waals surface area contributed by atoms with Crippen molar-refractivity contribution in [3.05, 3.63) is 29.8 Å². The Morgan fingerprint density at radius 2 is 2.00 bits per heavy atom. The van der Waals surface area contributed by atoms with Crippen LogP contribution < -0.4 is 10.5 Å². The first-order chi connectivity index (χ1) is 9.33. The maximum absolute atomic E-state index is 6.18. The molecule has 3 heteroatoms. The molecule has 19 heavy (non-hydrogen) atoms. The van der Waals surface area contributed by atoms with Crippen molar-refractivity contribution in [3.8, 4) is 5.75 Å². The van der Waals surface area contributed by atoms with Crippen LogP contribution in [0.1, 0.15) is 37.7 Å². The highest BCUT2D eigenvalue weighted by Gasteiger charge is 2.26. The van der Waals surface area contributed by atoms with Crippen LogP contribution in [0.25, 0.3) is 0 Å². The van der Waals surface area contributed by atoms with Crippen molar-refractivity contribution >= 4 is 0 Å². The van der Waals surface area contributed by atoms with Gasteiger partial charge in [0.15, 0.2) is 0 Å². The lowest BCUT2D eigenvalue weighted by molar-refractivity contribution is -0.00837. The molecule has 0 bridgehead atoms. The van der Waals surface area contributed by atoms with Gasteiger partial charge in [-0.25, -0.2) is 0 Å². The lowest BCUT2D eigenvalue weighted by Gasteiger charge is -2.23. The summed E-state index contributed by atoms with van der Waals surface area (Å²) in [6.45, 7) is 0.660. The molecule has 3 rings (SSSR count). The van der Waals surface area contributed by atoms with Gasteiger partial charge in [0.05, 0.1) is 12.7 Å². The topological polar surface area (TPSA) is 44.5 Å². The quantitative estimate of drug-likeness (QED) is 0.851. The van der Waals surface area contributed by atoms with E-state index in [-0.39, 0.29) is 18.2 Å². The van der Waals surface area contributed by atoms with E-state index in [1.54, 1.807) is 0 Å². The van der Waals surface area contributed by atoms with Crippen LogP contribution in [-0.4, -0.2) is 24.9 Å². The second-order valence-corrected chi connectivity index (χ2v) is 5.73. The summed E-state index contributed by atoms with van der Waals surface area (Å²) in [4.78, 5) is 0. The number of para-hydroxylation sites is 1. The molecule has 1 aliphatic heterocycles. The van der Waals surface area contributed by atoms with Crippen molar-refractivity contribution in [1.82, 2.24) is 0 Å². The van der Waals surface area contributed by atoms with Crippen LogP contribution in [0.15, 0.2) is 24.3 Å². The second kappa shape index (κ2) is 5.93. The van der Waals surface area contributed by atoms with Gasteiger partial charge in [0.25, 0.3) is 0 Å². The van der Waals surface area contributed by atoms with E-state index >= 15 is 0 Å². The fraction of sp³-hybridized carbons (Fsp3) is 0.625. The number of hydrogen-bond donors (Lipinski definition) is 1. The Balaban J connectivity index is 1.51. The van der Waals surface area contributed by atoms with E-state index in [4.69, 9.17) is 15.2 Å². The smallest absolute Gasteiger partial charge is 0.126 e. The van der Waals surface area contributed by atoms with Crippen LogP contribution in [0, 0.1) is 0 Å². The molecule has 3 atom stereocenters. The largest absolute Gasteiger partial charge is 0.487 e. The van der Waals surface area contributed by atoms with Gasteiger partial charge in [-0.2, -0.15) is 0 Å². The number of fused-ring (bicyclic) bond motifs is 1. The SMILES string of the molecule is NC1CCCCCC1OCC1Cc2ccccc2O1. The Kier molecular flexibility index (Phi) is 4.04. The maximum Gasteiger partial charge on any atom is 0.126 e. The van der Waals surface area contributed by atoms with Gasteiger partial charge in [-0.1, -0.05) is 37.5 Å². The molecule has 1 fully saturated rings. The van der Waals surface area contributed by atoms with Crippen LogP contribution in [0.3, 0.4) is 0 Å². The summed E-state index contributed by atoms with van der Waals surface area (Å²) in [6.07, 6.45) is 7.30. The maximum atomic E-state index is 6.18. The molecule has 104 valence electrons. The fourth-order valence-corrected chi connectivity index (χ4v) is 3.09. The molecule has 0 spiro atoms. The molecule has 1 heterocycles. The predicted octanol–water partition coefficient (Wildman–Crippen LogP) is 2.67. The number of rotatable bonds is 3. The van der Waals surface area contributed by atoms with Crippen molar-refractivity contribution in [2.45, 2.75) is 56.8 Å². The summed E-state index contributed by atoms with van der Waals surface area (Å²) in [7, 11) is 0. The third-order valence-electron chi connectivity index (χ3n) is 4.21. The third kappa shape index (κ3) is 3.10. The molecule has 1 aliphatic carbocycles. The Morgan fingerprint density at radius 3 is 2.89 bits per heavy atom. The molecule has 0 saturated heterocycles. The van der Waals surface area contributed by atoms with Crippen molar-refractivity contribution in [2.75, 3.05) is 6.61 Å². The van der Waals surface area contributed by atoms with Crippen molar-refractivity contribution in [1.29, 1.82) is 0 Å². The summed E-state index contributed by atoms with van der Waals surface area (Å²) in [5.74, 6) is 1.02. The van der Waals surface area contributed by atoms with E-state index < -0.39 is 0 Å². The van der Waals surface area contributed by atoms with Gasteiger partial charge in [0, 0.05) is 12.5 Å². The minimum absolute atomic E-state index is 0.160. The minimum atomic E-state index is 0.160. The second-order valence-electron chi connectivity index (χ2n) is 5.73. The summed E-state index contributed by atoms with van der Waals surface area (Å²) in [6, 6.07) is 8.45. The highest BCUT2D eigenvalue weighted by molar-refractivity contribution is 5.37. The van der Waals surface area contributed by atoms with Crippen LogP contribution in [-0.2, 0) is 11.2 Å². The van der Waals surface area contributed by atoms with Gasteiger partial charge in [-0.3, -0.25) is 0 Å². The average Bonchev–Trinajstić information content (AvgIpc) is 2.73. The number of hydrogen-bond acceptors (Lipinski definition) is 3. The molecular weight excluding hydrogens is 238 g/mol. The number of ether oxygens (including phenoxy) is 2. The molecule has 1 saturated carbocycles. The van der Waals surface area contributed by atoms with Crippen LogP contribution in [0.5, 0.6) is 5.75 Å². The van der Waals surface area contributed by atoms with Crippen molar-refractivity contribution < 1.29 is 9.47 Å². The van der Waals surface area contributed by atoms with Crippen LogP contribution >= 0.6 is 0 Å². The molecule has 2 aliphatic rings. The van der Waals surface area contributed by atoms with Gasteiger partial charge in [-0.05, 0) is 24.5 Å². The molecule has 3 nitrogen and oxygen atoms in total. The minimum Gasteiger partial charge on any atom is -0.487 e. The third-order valence-corrected chi connectivity index (χ3v) is 4.21. The Labute approximate surface area is 115 Å². The zero-order valence-electron chi connectivity index (χ0n) is 11.4. The molecular formula is C16H23NO2. The number of nitrogens with two attached hydrogens (primary N) is 1. The highest BCUT2D eigenvalue weighted by Crippen LogP contribution is 2.29. The number of benzene rings is 1. The monoisotopic (exact) mass is 261 g/mol. The van der Waals surface area contributed by atoms with E-state index in [0.29, 0.717) is 6.61 Å². The van der Waals surface area contributed by atoms with Gasteiger partial charge in [0.1, 0.15) is 11.9 Å². The molecule has 0 aromatic heterocycles. The molecule has 0 radical (unpaired) electrons. The molecule has 3 unspecified atom stereocenters. The van der Waals surface area contributed by atoms with E-state index in [0.717, 1.165) is 25.0 Å². The normalized spacial score (nSPS) is 30.5. The molecule has 2 N–H and O–H groups in total. The van der Waals surface area contributed by atoms with E-state index in [1.807, 2.05) is 12.1 Å². The zero-order valence-corrected chi connectivity index (χ0v) is 11.4. The zero-order chi connectivity index (χ0) is 13.1. The van der Waals surface area contributed by atoms with Gasteiger partial charge in [0.2, 0.25) is 0 Å². The Morgan fingerprint density at radius 1 is 1.16 bits per heavy atom. The fourth-order valence-electron chi connectivity index (χ4n) is 3.09. The first kappa shape index (κ1) is 12.9. The van der Waals surface area contributed by atoms with Gasteiger partial charge < -0.3 is 15.2 Å². The van der Waals surface area contributed by atoms with E-state index in [9.17, 15) is 0 Å². The molecule has 1 aromatic carbocycles. The Bertz CT molecular complexity index is 396. The van der Waals surface area contributed by atoms with Crippen LogP contribution in [0.2, 0.25) is 0 Å². The standard InChI is InChI=1S/C16H23NO2/c17-14-7-2-1-3-9-16(14)18-11-13-10-12-6-4-5-8-15(12)19-13/h4-6,8,13-14,16H,1-3,7,9-11,17H2. The predicted molar refractivity (Wildman–Crippen MR) is 75.4 cm³/mol. The summed E-state index contributed by atoms with van der Waals surface area (Å²) in [5, 5.41) is 0. The van der Waals surface area contributed by atoms with Gasteiger partial charge in [-0.15, -0.1) is 0 Å². The van der Waals surface area contributed by atoms with Crippen LogP contribution in [0.4, 0.5) is 0 Å². The average molecular weight is 261 g/mol. The van der Waals surface area contributed by atoms with E-state index in [2.05, 4.69) is 12.1 Å². The van der Waals surface area contributed by atoms with Gasteiger partial charge >= 0.3 is 0 Å². The Hall–Kier alpha value is -1.06. The highest BCUT2D eigenvalue weighted by atomic mass is 16.5. The molecule has 1 aromatic rings. The summed E-state index contributed by atoms with van der Waals surface area (Å²) in [5.41, 5.74) is 7.47. The summed E-state index contributed by atoms with van der Waals surface area (Å²) >= 11 is 0. The van der Waals surface area contributed by atoms with Crippen molar-refractivity contribution in [2.24, 2.45) is 5.73 Å². The molecule has 0 amide bonds. The lowest BCUT2D eigenvalue weighted by Crippen LogP contribution is -2.38. The first-order valence-corrected chi connectivity index (χ1v) is 7.44. The van der Waals surface area contributed by atoms with E-state index in [1.165, 1.54) is 24.8 Å². The van der Waals surface area contributed by atoms with Crippen molar-refractivity contribution in [3.63, 3.8) is 0 Å². The lowest BCUT2D eigenvalue weighted by atomic mass is 10.1. The first-order valence-electron chi connectivity index (χ1n) is 7.44.